The van der Waals surface area contributed by atoms with Gasteiger partial charge >= 0.3 is 0 Å². The van der Waals surface area contributed by atoms with Crippen LogP contribution in [0.15, 0.2) is 0 Å². The summed E-state index contributed by atoms with van der Waals surface area (Å²) in [5, 5.41) is 3.28. The van der Waals surface area contributed by atoms with E-state index in [9.17, 15) is 4.79 Å². The molecule has 104 valence electrons. The Labute approximate surface area is 111 Å². The van der Waals surface area contributed by atoms with Crippen LogP contribution >= 0.6 is 0 Å². The Morgan fingerprint density at radius 3 is 2.44 bits per heavy atom. The molecule has 4 heteroatoms. The Kier molecular flexibility index (Phi) is 5.45. The van der Waals surface area contributed by atoms with Crippen LogP contribution in [0.25, 0.3) is 0 Å². The number of nitrogens with zero attached hydrogens (tertiary/aromatic N) is 2. The quantitative estimate of drug-likeness (QED) is 0.809. The van der Waals surface area contributed by atoms with Gasteiger partial charge in [0.05, 0.1) is 0 Å². The minimum Gasteiger partial charge on any atom is -0.340 e. The minimum atomic E-state index is 0.342. The average Bonchev–Trinajstić information content (AvgIpc) is 2.46. The van der Waals surface area contributed by atoms with E-state index in [2.05, 4.69) is 17.1 Å². The van der Waals surface area contributed by atoms with E-state index in [0.29, 0.717) is 12.3 Å². The number of rotatable bonds is 4. The summed E-state index contributed by atoms with van der Waals surface area (Å²) >= 11 is 0. The van der Waals surface area contributed by atoms with E-state index in [-0.39, 0.29) is 0 Å². The molecule has 0 atom stereocenters. The van der Waals surface area contributed by atoms with Gasteiger partial charge in [0.15, 0.2) is 0 Å². The molecule has 2 rings (SSSR count). The largest absolute Gasteiger partial charge is 0.340 e. The van der Waals surface area contributed by atoms with E-state index in [0.717, 1.165) is 38.6 Å². The predicted octanol–water partition coefficient (Wildman–Crippen LogP) is 0.930. The van der Waals surface area contributed by atoms with Gasteiger partial charge in [0.25, 0.3) is 0 Å². The second-order valence-electron chi connectivity index (χ2n) is 5.57. The molecule has 18 heavy (non-hydrogen) atoms. The molecule has 0 unspecified atom stereocenters. The summed E-state index contributed by atoms with van der Waals surface area (Å²) in [6, 6.07) is 0. The fraction of sp³-hybridized carbons (Fsp3) is 0.929. The lowest BCUT2D eigenvalue weighted by atomic mass is 9.94. The molecule has 0 bridgehead atoms. The van der Waals surface area contributed by atoms with E-state index in [1.807, 2.05) is 4.90 Å². The summed E-state index contributed by atoms with van der Waals surface area (Å²) in [5.74, 6) is 1.26. The molecule has 0 aliphatic carbocycles. The van der Waals surface area contributed by atoms with Crippen molar-refractivity contribution in [1.82, 2.24) is 15.1 Å². The molecule has 0 radical (unpaired) electrons. The molecule has 2 aliphatic rings. The zero-order valence-corrected chi connectivity index (χ0v) is 11.7. The van der Waals surface area contributed by atoms with Crippen molar-refractivity contribution in [2.45, 2.75) is 32.6 Å². The highest BCUT2D eigenvalue weighted by Gasteiger charge is 2.20. The normalized spacial score (nSPS) is 23.3. The predicted molar refractivity (Wildman–Crippen MR) is 73.5 cm³/mol. The Bertz CT molecular complexity index is 256. The first-order chi connectivity index (χ1) is 8.79. The SMILES string of the molecule is CCC1CCN(CCC(=O)N2CCNCC2)CC1. The van der Waals surface area contributed by atoms with E-state index < -0.39 is 0 Å². The molecule has 1 N–H and O–H groups in total. The zero-order valence-electron chi connectivity index (χ0n) is 11.7. The van der Waals surface area contributed by atoms with Crippen LogP contribution in [0.1, 0.15) is 32.6 Å². The monoisotopic (exact) mass is 253 g/mol. The number of hydrogen-bond acceptors (Lipinski definition) is 3. The van der Waals surface area contributed by atoms with Gasteiger partial charge in [-0.2, -0.15) is 0 Å². The highest BCUT2D eigenvalue weighted by Crippen LogP contribution is 2.19. The van der Waals surface area contributed by atoms with Crippen molar-refractivity contribution in [3.05, 3.63) is 0 Å². The first-order valence-corrected chi connectivity index (χ1v) is 7.50. The second-order valence-corrected chi connectivity index (χ2v) is 5.57. The molecule has 0 saturated carbocycles. The lowest BCUT2D eigenvalue weighted by Gasteiger charge is -2.32. The van der Waals surface area contributed by atoms with Crippen molar-refractivity contribution < 1.29 is 4.79 Å². The molecule has 2 aliphatic heterocycles. The number of likely N-dealkylation sites (tertiary alicyclic amines) is 1. The Balaban J connectivity index is 1.63. The van der Waals surface area contributed by atoms with Gasteiger partial charge in [-0.25, -0.2) is 0 Å². The molecule has 1 amide bonds. The van der Waals surface area contributed by atoms with Crippen LogP contribution in [-0.4, -0.2) is 61.5 Å². The van der Waals surface area contributed by atoms with Gasteiger partial charge in [-0.1, -0.05) is 13.3 Å². The second kappa shape index (κ2) is 7.10. The van der Waals surface area contributed by atoms with Crippen LogP contribution < -0.4 is 5.32 Å². The third-order valence-electron chi connectivity index (χ3n) is 4.40. The Hall–Kier alpha value is -0.610. The lowest BCUT2D eigenvalue weighted by molar-refractivity contribution is -0.132. The average molecular weight is 253 g/mol. The summed E-state index contributed by atoms with van der Waals surface area (Å²) in [4.78, 5) is 16.5. The number of carbonyl (C=O) groups excluding carboxylic acids is 1. The van der Waals surface area contributed by atoms with Crippen LogP contribution in [0, 0.1) is 5.92 Å². The fourth-order valence-corrected chi connectivity index (χ4v) is 2.94. The summed E-state index contributed by atoms with van der Waals surface area (Å²) < 4.78 is 0. The molecular formula is C14H27N3O. The molecule has 2 saturated heterocycles. The number of piperidine rings is 1. The maximum absolute atomic E-state index is 12.0. The fourth-order valence-electron chi connectivity index (χ4n) is 2.94. The maximum Gasteiger partial charge on any atom is 0.223 e. The summed E-state index contributed by atoms with van der Waals surface area (Å²) in [7, 11) is 0. The summed E-state index contributed by atoms with van der Waals surface area (Å²) in [5.41, 5.74) is 0. The van der Waals surface area contributed by atoms with Crippen LogP contribution in [-0.2, 0) is 4.79 Å². The minimum absolute atomic E-state index is 0.342. The highest BCUT2D eigenvalue weighted by atomic mass is 16.2. The number of nitrogens with one attached hydrogen (secondary N) is 1. The van der Waals surface area contributed by atoms with Gasteiger partial charge in [0.2, 0.25) is 5.91 Å². The number of carbonyl (C=O) groups is 1. The summed E-state index contributed by atoms with van der Waals surface area (Å²) in [6.07, 6.45) is 4.65. The molecule has 2 heterocycles. The van der Waals surface area contributed by atoms with Crippen molar-refractivity contribution in [3.8, 4) is 0 Å². The molecule has 0 aromatic heterocycles. The first-order valence-electron chi connectivity index (χ1n) is 7.50. The van der Waals surface area contributed by atoms with Gasteiger partial charge in [0, 0.05) is 39.1 Å². The van der Waals surface area contributed by atoms with Gasteiger partial charge in [-0.3, -0.25) is 4.79 Å². The third kappa shape index (κ3) is 3.95. The zero-order chi connectivity index (χ0) is 12.8. The van der Waals surface area contributed by atoms with Gasteiger partial charge in [0.1, 0.15) is 0 Å². The lowest BCUT2D eigenvalue weighted by Crippen LogP contribution is -2.47. The molecular weight excluding hydrogens is 226 g/mol. The number of hydrogen-bond donors (Lipinski definition) is 1. The molecule has 0 aromatic rings. The molecule has 0 aromatic carbocycles. The standard InChI is InChI=1S/C14H27N3O/c1-2-13-3-8-16(9-4-13)10-5-14(18)17-11-6-15-7-12-17/h13,15H,2-12H2,1H3. The third-order valence-corrected chi connectivity index (χ3v) is 4.40. The van der Waals surface area contributed by atoms with E-state index >= 15 is 0 Å². The van der Waals surface area contributed by atoms with Crippen molar-refractivity contribution in [1.29, 1.82) is 0 Å². The smallest absolute Gasteiger partial charge is 0.223 e. The highest BCUT2D eigenvalue weighted by molar-refractivity contribution is 5.76. The van der Waals surface area contributed by atoms with Gasteiger partial charge in [-0.15, -0.1) is 0 Å². The molecule has 4 nitrogen and oxygen atoms in total. The van der Waals surface area contributed by atoms with Crippen molar-refractivity contribution in [2.24, 2.45) is 5.92 Å². The van der Waals surface area contributed by atoms with Crippen molar-refractivity contribution >= 4 is 5.91 Å². The molecule has 0 spiro atoms. The van der Waals surface area contributed by atoms with Crippen LogP contribution in [0.4, 0.5) is 0 Å². The van der Waals surface area contributed by atoms with Crippen LogP contribution in [0.2, 0.25) is 0 Å². The van der Waals surface area contributed by atoms with Crippen molar-refractivity contribution in [2.75, 3.05) is 45.8 Å². The number of piperazine rings is 1. The number of amides is 1. The van der Waals surface area contributed by atoms with E-state index in [4.69, 9.17) is 0 Å². The van der Waals surface area contributed by atoms with E-state index in [1.165, 1.54) is 32.4 Å². The van der Waals surface area contributed by atoms with Gasteiger partial charge in [-0.05, 0) is 31.8 Å². The van der Waals surface area contributed by atoms with E-state index in [1.54, 1.807) is 0 Å². The summed E-state index contributed by atoms with van der Waals surface area (Å²) in [6.45, 7) is 9.29. The maximum atomic E-state index is 12.0. The Morgan fingerprint density at radius 1 is 1.17 bits per heavy atom. The molecule has 2 fully saturated rings. The van der Waals surface area contributed by atoms with Crippen LogP contribution in [0.3, 0.4) is 0 Å². The van der Waals surface area contributed by atoms with Crippen LogP contribution in [0.5, 0.6) is 0 Å². The van der Waals surface area contributed by atoms with Crippen molar-refractivity contribution in [3.63, 3.8) is 0 Å². The van der Waals surface area contributed by atoms with Gasteiger partial charge < -0.3 is 15.1 Å². The Morgan fingerprint density at radius 2 is 1.83 bits per heavy atom. The first kappa shape index (κ1) is 13.8. The topological polar surface area (TPSA) is 35.6 Å².